The van der Waals surface area contributed by atoms with Gasteiger partial charge in [0, 0.05) is 6.54 Å². The number of aryl methyl sites for hydroxylation is 1. The van der Waals surface area contributed by atoms with Gasteiger partial charge in [-0.25, -0.2) is 13.6 Å². The van der Waals surface area contributed by atoms with Gasteiger partial charge in [0.05, 0.1) is 5.52 Å². The van der Waals surface area contributed by atoms with Gasteiger partial charge in [-0.05, 0) is 31.7 Å². The van der Waals surface area contributed by atoms with Crippen molar-refractivity contribution < 1.29 is 22.0 Å². The monoisotopic (exact) mass is 306 g/mol. The Morgan fingerprint density at radius 2 is 2.05 bits per heavy atom. The summed E-state index contributed by atoms with van der Waals surface area (Å²) < 4.78 is 58.3. The van der Waals surface area contributed by atoms with Crippen molar-refractivity contribution in [1.29, 1.82) is 0 Å². The number of aromatic nitrogens is 1. The van der Waals surface area contributed by atoms with Gasteiger partial charge in [-0.3, -0.25) is 4.57 Å². The highest BCUT2D eigenvalue weighted by atomic mass is 19.3. The Bertz CT molecular complexity index is 693. The zero-order valence-corrected chi connectivity index (χ0v) is 11.4. The van der Waals surface area contributed by atoms with Gasteiger partial charge in [0.2, 0.25) is 0 Å². The van der Waals surface area contributed by atoms with Crippen LogP contribution < -0.4 is 11.1 Å². The lowest BCUT2D eigenvalue weighted by atomic mass is 10.0. The van der Waals surface area contributed by atoms with E-state index in [0.29, 0.717) is 12.1 Å². The van der Waals surface area contributed by atoms with E-state index < -0.39 is 24.1 Å². The largest absolute Gasteiger partial charge is 0.419 e. The van der Waals surface area contributed by atoms with Crippen molar-refractivity contribution >= 4 is 11.1 Å². The van der Waals surface area contributed by atoms with Crippen LogP contribution in [-0.2, 0) is 6.54 Å². The van der Waals surface area contributed by atoms with Gasteiger partial charge in [0.25, 0.3) is 0 Å². The highest BCUT2D eigenvalue weighted by molar-refractivity contribution is 5.74. The van der Waals surface area contributed by atoms with Gasteiger partial charge in [0.1, 0.15) is 6.04 Å². The topological polar surface area (TPSA) is 47.2 Å². The summed E-state index contributed by atoms with van der Waals surface area (Å²) in [6.45, 7) is 2.08. The second kappa shape index (κ2) is 5.51. The van der Waals surface area contributed by atoms with Crippen LogP contribution in [0, 0.1) is 0 Å². The first-order valence-corrected chi connectivity index (χ1v) is 6.29. The Morgan fingerprint density at radius 1 is 1.38 bits per heavy atom. The standard InChI is InChI=1S/C13H14F4N2O2/c1-3-19-8-5-4-7(6-9(8)21-12(19)20)10(18-2)13(16,17)11(14)15/h4-6,10-11,18H,3H2,1-2H3. The molecule has 0 radical (unpaired) electrons. The van der Waals surface area contributed by atoms with Crippen LogP contribution in [0.5, 0.6) is 0 Å². The summed E-state index contributed by atoms with van der Waals surface area (Å²) in [4.78, 5) is 11.5. The van der Waals surface area contributed by atoms with Crippen LogP contribution in [0.25, 0.3) is 11.1 Å². The van der Waals surface area contributed by atoms with Gasteiger partial charge in [-0.1, -0.05) is 6.07 Å². The Kier molecular flexibility index (Phi) is 4.08. The fourth-order valence-electron chi connectivity index (χ4n) is 2.27. The fraction of sp³-hybridized carbons (Fsp3) is 0.462. The summed E-state index contributed by atoms with van der Waals surface area (Å²) in [7, 11) is 1.17. The van der Waals surface area contributed by atoms with E-state index in [0.717, 1.165) is 0 Å². The molecule has 21 heavy (non-hydrogen) atoms. The third-order valence-electron chi connectivity index (χ3n) is 3.31. The normalized spacial score (nSPS) is 14.0. The second-order valence-electron chi connectivity index (χ2n) is 4.54. The molecule has 1 N–H and O–H groups in total. The molecule has 1 heterocycles. The third-order valence-corrected chi connectivity index (χ3v) is 3.31. The van der Waals surface area contributed by atoms with Crippen LogP contribution >= 0.6 is 0 Å². The molecular formula is C13H14F4N2O2. The molecule has 0 fully saturated rings. The maximum absolute atomic E-state index is 13.5. The molecule has 1 atom stereocenters. The van der Waals surface area contributed by atoms with Gasteiger partial charge >= 0.3 is 18.1 Å². The molecule has 1 aromatic heterocycles. The molecule has 0 aliphatic rings. The average molecular weight is 306 g/mol. The molecule has 0 aliphatic carbocycles. The number of nitrogens with one attached hydrogen (secondary N) is 1. The first kappa shape index (κ1) is 15.6. The second-order valence-corrected chi connectivity index (χ2v) is 4.54. The molecule has 1 unspecified atom stereocenters. The average Bonchev–Trinajstić information content (AvgIpc) is 2.73. The predicted octanol–water partition coefficient (Wildman–Crippen LogP) is 2.78. The summed E-state index contributed by atoms with van der Waals surface area (Å²) in [6.07, 6.45) is -3.81. The van der Waals surface area contributed by atoms with E-state index in [1.165, 1.54) is 29.8 Å². The lowest BCUT2D eigenvalue weighted by Crippen LogP contribution is -2.41. The molecule has 2 aromatic rings. The fourth-order valence-corrected chi connectivity index (χ4v) is 2.27. The van der Waals surface area contributed by atoms with E-state index in [-0.39, 0.29) is 11.1 Å². The van der Waals surface area contributed by atoms with Crippen molar-refractivity contribution in [3.63, 3.8) is 0 Å². The molecule has 0 aliphatic heterocycles. The zero-order chi connectivity index (χ0) is 15.8. The van der Waals surface area contributed by atoms with Crippen molar-refractivity contribution in [3.8, 4) is 0 Å². The maximum atomic E-state index is 13.5. The summed E-state index contributed by atoms with van der Waals surface area (Å²) in [5.74, 6) is -4.86. The van der Waals surface area contributed by atoms with Gasteiger partial charge in [0.15, 0.2) is 5.58 Å². The number of oxazole rings is 1. The minimum atomic E-state index is -4.24. The summed E-state index contributed by atoms with van der Waals surface area (Å²) in [5, 5.41) is 2.18. The van der Waals surface area contributed by atoms with Crippen molar-refractivity contribution in [2.45, 2.75) is 31.9 Å². The maximum Gasteiger partial charge on any atom is 0.419 e. The molecule has 2 rings (SSSR count). The van der Waals surface area contributed by atoms with E-state index in [4.69, 9.17) is 4.42 Å². The number of alkyl halides is 4. The molecule has 0 amide bonds. The van der Waals surface area contributed by atoms with E-state index in [1.807, 2.05) is 0 Å². The Balaban J connectivity index is 2.54. The molecule has 8 heteroatoms. The van der Waals surface area contributed by atoms with Crippen molar-refractivity contribution in [1.82, 2.24) is 9.88 Å². The lowest BCUT2D eigenvalue weighted by Gasteiger charge is -2.26. The van der Waals surface area contributed by atoms with Gasteiger partial charge in [-0.2, -0.15) is 8.78 Å². The van der Waals surface area contributed by atoms with Crippen LogP contribution in [0.15, 0.2) is 27.4 Å². The molecule has 0 saturated carbocycles. The number of fused-ring (bicyclic) bond motifs is 1. The van der Waals surface area contributed by atoms with E-state index in [9.17, 15) is 22.4 Å². The van der Waals surface area contributed by atoms with Crippen LogP contribution in [0.4, 0.5) is 17.6 Å². The van der Waals surface area contributed by atoms with Crippen molar-refractivity contribution in [2.24, 2.45) is 0 Å². The SMILES string of the molecule is CCn1c(=O)oc2cc(C(NC)C(F)(F)C(F)F)ccc21. The minimum absolute atomic E-state index is 0.0766. The highest BCUT2D eigenvalue weighted by Crippen LogP contribution is 2.37. The number of nitrogens with zero attached hydrogens (tertiary/aromatic N) is 1. The number of hydrogen-bond acceptors (Lipinski definition) is 3. The smallest absolute Gasteiger partial charge is 0.408 e. The number of benzene rings is 1. The number of hydrogen-bond donors (Lipinski definition) is 1. The molecule has 0 saturated heterocycles. The molecular weight excluding hydrogens is 292 g/mol. The van der Waals surface area contributed by atoms with E-state index in [1.54, 1.807) is 6.92 Å². The number of rotatable bonds is 5. The lowest BCUT2D eigenvalue weighted by molar-refractivity contribution is -0.150. The van der Waals surface area contributed by atoms with Gasteiger partial charge < -0.3 is 9.73 Å². The first-order chi connectivity index (χ1) is 9.82. The zero-order valence-electron chi connectivity index (χ0n) is 11.4. The minimum Gasteiger partial charge on any atom is -0.408 e. The summed E-state index contributed by atoms with van der Waals surface area (Å²) >= 11 is 0. The summed E-state index contributed by atoms with van der Waals surface area (Å²) in [6, 6.07) is 1.99. The molecule has 0 bridgehead atoms. The quantitative estimate of drug-likeness (QED) is 0.864. The Labute approximate surface area is 117 Å². The van der Waals surface area contributed by atoms with Crippen LogP contribution in [-0.4, -0.2) is 24.0 Å². The van der Waals surface area contributed by atoms with Crippen molar-refractivity contribution in [3.05, 3.63) is 34.3 Å². The van der Waals surface area contributed by atoms with Crippen LogP contribution in [0.2, 0.25) is 0 Å². The molecule has 0 spiro atoms. The molecule has 116 valence electrons. The van der Waals surface area contributed by atoms with E-state index >= 15 is 0 Å². The summed E-state index contributed by atoms with van der Waals surface area (Å²) in [5.41, 5.74) is 0.443. The molecule has 4 nitrogen and oxygen atoms in total. The van der Waals surface area contributed by atoms with Crippen LogP contribution in [0.3, 0.4) is 0 Å². The van der Waals surface area contributed by atoms with Gasteiger partial charge in [-0.15, -0.1) is 0 Å². The highest BCUT2D eigenvalue weighted by Gasteiger charge is 2.48. The first-order valence-electron chi connectivity index (χ1n) is 6.29. The molecule has 1 aromatic carbocycles. The van der Waals surface area contributed by atoms with Crippen molar-refractivity contribution in [2.75, 3.05) is 7.05 Å². The van der Waals surface area contributed by atoms with Crippen LogP contribution in [0.1, 0.15) is 18.5 Å². The number of halogens is 4. The predicted molar refractivity (Wildman–Crippen MR) is 68.9 cm³/mol. The van der Waals surface area contributed by atoms with E-state index in [2.05, 4.69) is 5.32 Å². The third kappa shape index (κ3) is 2.55. The Hall–Kier alpha value is -1.83. The Morgan fingerprint density at radius 3 is 2.57 bits per heavy atom.